The lowest BCUT2D eigenvalue weighted by Gasteiger charge is -2.09. The average Bonchev–Trinajstić information content (AvgIpc) is 2.31. The number of hydrogen-bond donors (Lipinski definition) is 1. The molecule has 0 aliphatic rings. The van der Waals surface area contributed by atoms with E-state index in [0.29, 0.717) is 0 Å². The van der Waals surface area contributed by atoms with Gasteiger partial charge in [0.25, 0.3) is 0 Å². The lowest BCUT2D eigenvalue weighted by molar-refractivity contribution is 0.584. The molecule has 0 bridgehead atoms. The van der Waals surface area contributed by atoms with Crippen molar-refractivity contribution >= 4 is 17.3 Å². The maximum absolute atomic E-state index is 13.4. The van der Waals surface area contributed by atoms with Gasteiger partial charge in [-0.1, -0.05) is 17.7 Å². The van der Waals surface area contributed by atoms with Crippen LogP contribution in [0, 0.1) is 17.5 Å². The largest absolute Gasteiger partial charge is 0.378 e. The molecule has 0 amide bonds. The smallest absolute Gasteiger partial charge is 0.149 e. The molecule has 5 heteroatoms. The van der Waals surface area contributed by atoms with E-state index in [2.05, 4.69) is 5.32 Å². The molecule has 2 aromatic rings. The number of benzene rings is 2. The number of halogens is 4. The van der Waals surface area contributed by atoms with Gasteiger partial charge in [0.15, 0.2) is 0 Å². The summed E-state index contributed by atoms with van der Waals surface area (Å²) in [6.45, 7) is 0.0219. The van der Waals surface area contributed by atoms with Crippen LogP contribution in [0.4, 0.5) is 18.9 Å². The van der Waals surface area contributed by atoms with Gasteiger partial charge >= 0.3 is 0 Å². The van der Waals surface area contributed by atoms with Gasteiger partial charge in [-0.3, -0.25) is 0 Å². The fourth-order valence-electron chi connectivity index (χ4n) is 1.52. The van der Waals surface area contributed by atoms with Gasteiger partial charge in [-0.05, 0) is 24.3 Å². The Morgan fingerprint density at radius 2 is 1.78 bits per heavy atom. The molecule has 0 saturated heterocycles. The van der Waals surface area contributed by atoms with Crippen LogP contribution in [0.3, 0.4) is 0 Å². The first-order chi connectivity index (χ1) is 8.58. The summed E-state index contributed by atoms with van der Waals surface area (Å²) in [6.07, 6.45) is 0. The van der Waals surface area contributed by atoms with Crippen molar-refractivity contribution in [1.29, 1.82) is 0 Å². The number of hydrogen-bond acceptors (Lipinski definition) is 1. The second kappa shape index (κ2) is 5.31. The second-order valence-electron chi connectivity index (χ2n) is 3.68. The molecular weight excluding hydrogens is 263 g/mol. The molecule has 0 radical (unpaired) electrons. The van der Waals surface area contributed by atoms with Crippen molar-refractivity contribution < 1.29 is 13.2 Å². The highest BCUT2D eigenvalue weighted by Crippen LogP contribution is 2.21. The average molecular weight is 272 g/mol. The van der Waals surface area contributed by atoms with E-state index in [0.717, 1.165) is 12.1 Å². The molecule has 1 N–H and O–H groups in total. The van der Waals surface area contributed by atoms with E-state index in [4.69, 9.17) is 11.6 Å². The van der Waals surface area contributed by atoms with Gasteiger partial charge in [-0.15, -0.1) is 0 Å². The zero-order valence-electron chi connectivity index (χ0n) is 9.18. The maximum atomic E-state index is 13.4. The minimum absolute atomic E-state index is 0.0219. The maximum Gasteiger partial charge on any atom is 0.149 e. The van der Waals surface area contributed by atoms with Crippen molar-refractivity contribution in [2.75, 3.05) is 5.32 Å². The van der Waals surface area contributed by atoms with Gasteiger partial charge in [0.2, 0.25) is 0 Å². The van der Waals surface area contributed by atoms with Crippen LogP contribution < -0.4 is 5.32 Å². The lowest BCUT2D eigenvalue weighted by atomic mass is 10.2. The second-order valence-corrected chi connectivity index (χ2v) is 4.09. The van der Waals surface area contributed by atoms with Crippen LogP contribution in [0.1, 0.15) is 5.56 Å². The van der Waals surface area contributed by atoms with Crippen LogP contribution in [0.25, 0.3) is 0 Å². The summed E-state index contributed by atoms with van der Waals surface area (Å²) >= 11 is 5.83. The quantitative estimate of drug-likeness (QED) is 0.874. The zero-order chi connectivity index (χ0) is 13.1. The first kappa shape index (κ1) is 12.8. The molecule has 2 rings (SSSR count). The fraction of sp³-hybridized carbons (Fsp3) is 0.0769. The molecule has 0 aliphatic heterocycles. The monoisotopic (exact) mass is 271 g/mol. The van der Waals surface area contributed by atoms with E-state index in [9.17, 15) is 13.2 Å². The van der Waals surface area contributed by atoms with Gasteiger partial charge in [-0.25, -0.2) is 13.2 Å². The molecule has 0 aromatic heterocycles. The Morgan fingerprint density at radius 1 is 1.00 bits per heavy atom. The van der Waals surface area contributed by atoms with Gasteiger partial charge < -0.3 is 5.32 Å². The summed E-state index contributed by atoms with van der Waals surface area (Å²) in [4.78, 5) is 0. The molecule has 0 unspecified atom stereocenters. The fourth-order valence-corrected chi connectivity index (χ4v) is 1.75. The summed E-state index contributed by atoms with van der Waals surface area (Å²) in [6, 6.07) is 7.42. The van der Waals surface area contributed by atoms with E-state index in [1.807, 2.05) is 0 Å². The summed E-state index contributed by atoms with van der Waals surface area (Å²) in [7, 11) is 0. The molecule has 1 nitrogen and oxygen atoms in total. The van der Waals surface area contributed by atoms with Crippen molar-refractivity contribution in [3.05, 3.63) is 64.4 Å². The third kappa shape index (κ3) is 2.76. The molecule has 94 valence electrons. The normalized spacial score (nSPS) is 10.4. The van der Waals surface area contributed by atoms with Crippen molar-refractivity contribution in [3.8, 4) is 0 Å². The first-order valence-corrected chi connectivity index (χ1v) is 5.57. The van der Waals surface area contributed by atoms with Gasteiger partial charge in [0, 0.05) is 23.2 Å². The topological polar surface area (TPSA) is 12.0 Å². The minimum Gasteiger partial charge on any atom is -0.378 e. The summed E-state index contributed by atoms with van der Waals surface area (Å²) in [5, 5.41) is 2.93. The highest BCUT2D eigenvalue weighted by atomic mass is 35.5. The predicted molar refractivity (Wildman–Crippen MR) is 65.1 cm³/mol. The van der Waals surface area contributed by atoms with E-state index in [1.54, 1.807) is 6.07 Å². The number of anilines is 1. The molecule has 0 fully saturated rings. The molecule has 2 aromatic carbocycles. The van der Waals surface area contributed by atoms with Crippen LogP contribution in [0.5, 0.6) is 0 Å². The van der Waals surface area contributed by atoms with Crippen molar-refractivity contribution in [2.24, 2.45) is 0 Å². The van der Waals surface area contributed by atoms with E-state index >= 15 is 0 Å². The van der Waals surface area contributed by atoms with Gasteiger partial charge in [-0.2, -0.15) is 0 Å². The predicted octanol–water partition coefficient (Wildman–Crippen LogP) is 4.37. The first-order valence-electron chi connectivity index (χ1n) is 5.20. The van der Waals surface area contributed by atoms with Gasteiger partial charge in [0.05, 0.1) is 5.69 Å². The van der Waals surface area contributed by atoms with Crippen LogP contribution >= 0.6 is 11.6 Å². The summed E-state index contributed by atoms with van der Waals surface area (Å²) in [5.74, 6) is -1.87. The third-order valence-corrected chi connectivity index (χ3v) is 2.80. The van der Waals surface area contributed by atoms with Crippen molar-refractivity contribution in [2.45, 2.75) is 6.54 Å². The van der Waals surface area contributed by atoms with Crippen LogP contribution in [0.15, 0.2) is 36.4 Å². The molecule has 0 atom stereocenters. The molecular formula is C13H9ClF3N. The Kier molecular flexibility index (Phi) is 3.77. The third-order valence-electron chi connectivity index (χ3n) is 2.45. The van der Waals surface area contributed by atoms with Crippen LogP contribution in [-0.2, 0) is 6.54 Å². The number of rotatable bonds is 3. The van der Waals surface area contributed by atoms with E-state index in [1.165, 1.54) is 18.2 Å². The van der Waals surface area contributed by atoms with Gasteiger partial charge in [0.1, 0.15) is 17.5 Å². The molecule has 0 aliphatic carbocycles. The summed E-state index contributed by atoms with van der Waals surface area (Å²) in [5.41, 5.74) is 0.332. The Hall–Kier alpha value is -1.68. The van der Waals surface area contributed by atoms with E-state index < -0.39 is 17.5 Å². The summed E-state index contributed by atoms with van der Waals surface area (Å²) < 4.78 is 39.5. The highest BCUT2D eigenvalue weighted by molar-refractivity contribution is 6.31. The van der Waals surface area contributed by atoms with Crippen molar-refractivity contribution in [3.63, 3.8) is 0 Å². The Morgan fingerprint density at radius 3 is 2.44 bits per heavy atom. The number of nitrogens with one attached hydrogen (secondary N) is 1. The van der Waals surface area contributed by atoms with E-state index in [-0.39, 0.29) is 22.8 Å². The lowest BCUT2D eigenvalue weighted by Crippen LogP contribution is -2.04. The zero-order valence-corrected chi connectivity index (χ0v) is 9.94. The van der Waals surface area contributed by atoms with Crippen molar-refractivity contribution in [1.82, 2.24) is 0 Å². The molecule has 18 heavy (non-hydrogen) atoms. The standard InChI is InChI=1S/C13H9ClF3N/c14-10-2-1-3-11(16)9(10)7-18-13-5-4-8(15)6-12(13)17/h1-6,18H,7H2. The molecule has 0 heterocycles. The Labute approximate surface area is 107 Å². The molecule has 0 saturated carbocycles. The van der Waals surface area contributed by atoms with Crippen LogP contribution in [-0.4, -0.2) is 0 Å². The Balaban J connectivity index is 2.16. The SMILES string of the molecule is Fc1ccc(NCc2c(F)cccc2Cl)c(F)c1. The highest BCUT2D eigenvalue weighted by Gasteiger charge is 2.08. The molecule has 0 spiro atoms. The van der Waals surface area contributed by atoms with Crippen LogP contribution in [0.2, 0.25) is 5.02 Å². The minimum atomic E-state index is -0.734. The Bertz CT molecular complexity index is 552.